The van der Waals surface area contributed by atoms with Crippen molar-refractivity contribution in [2.45, 2.75) is 19.1 Å². The highest BCUT2D eigenvalue weighted by Gasteiger charge is 2.18. The van der Waals surface area contributed by atoms with E-state index in [4.69, 9.17) is 10.8 Å². The zero-order valence-electron chi connectivity index (χ0n) is 10.3. The summed E-state index contributed by atoms with van der Waals surface area (Å²) in [6.45, 7) is 1.18. The van der Waals surface area contributed by atoms with Gasteiger partial charge in [0.2, 0.25) is 0 Å². The molecule has 2 aromatic rings. The number of aromatic nitrogens is 4. The molecule has 0 spiro atoms. The largest absolute Gasteiger partial charge is 0.480 e. The maximum atomic E-state index is 10.8. The molecule has 0 bridgehead atoms. The van der Waals surface area contributed by atoms with E-state index in [1.165, 1.54) is 0 Å². The minimum atomic E-state index is -1.02. The van der Waals surface area contributed by atoms with Crippen molar-refractivity contribution >= 4 is 5.97 Å². The van der Waals surface area contributed by atoms with Crippen molar-refractivity contribution in [2.24, 2.45) is 5.73 Å². The molecule has 5 N–H and O–H groups in total. The molecule has 2 aromatic heterocycles. The van der Waals surface area contributed by atoms with Crippen LogP contribution in [0.5, 0.6) is 0 Å². The first-order valence-corrected chi connectivity index (χ1v) is 5.82. The standard InChI is InChI=1S/C11H16N6O2/c12-8(11(18)19)5-17(6-9-13-1-2-14-9)7-10-15-3-4-16-10/h1-4,8H,5-7,12H2,(H,13,14)(H,15,16)(H,18,19). The van der Waals surface area contributed by atoms with Crippen molar-refractivity contribution in [2.75, 3.05) is 6.54 Å². The summed E-state index contributed by atoms with van der Waals surface area (Å²) in [5.74, 6) is 0.483. The second-order valence-electron chi connectivity index (χ2n) is 4.19. The molecule has 0 amide bonds. The van der Waals surface area contributed by atoms with E-state index in [0.717, 1.165) is 11.6 Å². The number of nitrogens with two attached hydrogens (primary N) is 1. The number of carboxylic acid groups (broad SMARTS) is 1. The summed E-state index contributed by atoms with van der Waals surface area (Å²) in [5.41, 5.74) is 5.57. The molecule has 8 nitrogen and oxygen atoms in total. The number of rotatable bonds is 7. The molecule has 0 aliphatic carbocycles. The lowest BCUT2D eigenvalue weighted by atomic mass is 10.3. The zero-order chi connectivity index (χ0) is 13.7. The molecule has 0 aliphatic rings. The van der Waals surface area contributed by atoms with Crippen molar-refractivity contribution in [3.63, 3.8) is 0 Å². The summed E-state index contributed by atoms with van der Waals surface area (Å²) in [6, 6.07) is -0.940. The number of aliphatic carboxylic acids is 1. The van der Waals surface area contributed by atoms with Crippen LogP contribution in [0, 0.1) is 0 Å². The van der Waals surface area contributed by atoms with Crippen LogP contribution in [-0.2, 0) is 17.9 Å². The molecule has 2 heterocycles. The zero-order valence-corrected chi connectivity index (χ0v) is 10.3. The first kappa shape index (κ1) is 13.2. The molecule has 0 aliphatic heterocycles. The van der Waals surface area contributed by atoms with Crippen LogP contribution in [-0.4, -0.2) is 48.5 Å². The van der Waals surface area contributed by atoms with Crippen molar-refractivity contribution in [3.8, 4) is 0 Å². The van der Waals surface area contributed by atoms with Gasteiger partial charge < -0.3 is 20.8 Å². The second-order valence-corrected chi connectivity index (χ2v) is 4.19. The Labute approximate surface area is 109 Å². The van der Waals surface area contributed by atoms with Crippen molar-refractivity contribution in [3.05, 3.63) is 36.4 Å². The monoisotopic (exact) mass is 264 g/mol. The molecule has 8 heteroatoms. The third-order valence-electron chi connectivity index (χ3n) is 2.63. The lowest BCUT2D eigenvalue weighted by Gasteiger charge is -2.22. The summed E-state index contributed by atoms with van der Waals surface area (Å²) in [6.07, 6.45) is 6.74. The highest BCUT2D eigenvalue weighted by Crippen LogP contribution is 2.04. The molecule has 0 saturated heterocycles. The Morgan fingerprint density at radius 1 is 1.26 bits per heavy atom. The van der Waals surface area contributed by atoms with Gasteiger partial charge >= 0.3 is 5.97 Å². The van der Waals surface area contributed by atoms with Gasteiger partial charge in [0.1, 0.15) is 17.7 Å². The number of carboxylic acids is 1. The minimum absolute atomic E-state index is 0.219. The van der Waals surface area contributed by atoms with E-state index < -0.39 is 12.0 Å². The van der Waals surface area contributed by atoms with Gasteiger partial charge in [-0.3, -0.25) is 9.69 Å². The third-order valence-corrected chi connectivity index (χ3v) is 2.63. The van der Waals surface area contributed by atoms with Gasteiger partial charge in [-0.15, -0.1) is 0 Å². The van der Waals surface area contributed by atoms with E-state index in [1.54, 1.807) is 24.8 Å². The first-order valence-electron chi connectivity index (χ1n) is 5.82. The van der Waals surface area contributed by atoms with Gasteiger partial charge in [-0.2, -0.15) is 0 Å². The van der Waals surface area contributed by atoms with Gasteiger partial charge in [0, 0.05) is 31.3 Å². The summed E-state index contributed by atoms with van der Waals surface area (Å²) in [4.78, 5) is 26.9. The lowest BCUT2D eigenvalue weighted by Crippen LogP contribution is -2.42. The van der Waals surface area contributed by atoms with Gasteiger partial charge in [-0.05, 0) is 0 Å². The van der Waals surface area contributed by atoms with Crippen LogP contribution >= 0.6 is 0 Å². The fourth-order valence-corrected chi connectivity index (χ4v) is 1.73. The Morgan fingerprint density at radius 3 is 2.16 bits per heavy atom. The fourth-order valence-electron chi connectivity index (χ4n) is 1.73. The van der Waals surface area contributed by atoms with E-state index >= 15 is 0 Å². The van der Waals surface area contributed by atoms with Gasteiger partial charge in [0.15, 0.2) is 0 Å². The van der Waals surface area contributed by atoms with E-state index in [9.17, 15) is 4.79 Å². The summed E-state index contributed by atoms with van der Waals surface area (Å²) >= 11 is 0. The maximum Gasteiger partial charge on any atom is 0.321 e. The van der Waals surface area contributed by atoms with E-state index in [1.807, 2.05) is 4.90 Å². The molecule has 0 saturated carbocycles. The molecule has 1 atom stereocenters. The quantitative estimate of drug-likeness (QED) is 0.537. The highest BCUT2D eigenvalue weighted by molar-refractivity contribution is 5.73. The molecule has 2 rings (SSSR count). The Hall–Kier alpha value is -2.19. The predicted octanol–water partition coefficient (Wildman–Crippen LogP) is -0.453. The summed E-state index contributed by atoms with van der Waals surface area (Å²) in [7, 11) is 0. The average molecular weight is 264 g/mol. The second kappa shape index (κ2) is 6.12. The van der Waals surface area contributed by atoms with Gasteiger partial charge in [0.05, 0.1) is 13.1 Å². The number of H-pyrrole nitrogens is 2. The average Bonchev–Trinajstić information content (AvgIpc) is 3.01. The van der Waals surface area contributed by atoms with Crippen molar-refractivity contribution < 1.29 is 9.90 Å². The summed E-state index contributed by atoms with van der Waals surface area (Å²) < 4.78 is 0. The molecule has 1 unspecified atom stereocenters. The van der Waals surface area contributed by atoms with Crippen LogP contribution < -0.4 is 5.73 Å². The van der Waals surface area contributed by atoms with Crippen LogP contribution in [0.4, 0.5) is 0 Å². The lowest BCUT2D eigenvalue weighted by molar-refractivity contribution is -0.139. The van der Waals surface area contributed by atoms with Gasteiger partial charge in [-0.1, -0.05) is 0 Å². The van der Waals surface area contributed by atoms with Crippen molar-refractivity contribution in [1.82, 2.24) is 24.8 Å². The van der Waals surface area contributed by atoms with E-state index in [-0.39, 0.29) is 6.54 Å². The maximum absolute atomic E-state index is 10.8. The smallest absolute Gasteiger partial charge is 0.321 e. The van der Waals surface area contributed by atoms with Crippen LogP contribution in [0.1, 0.15) is 11.6 Å². The number of imidazole rings is 2. The van der Waals surface area contributed by atoms with Crippen LogP contribution in [0.3, 0.4) is 0 Å². The van der Waals surface area contributed by atoms with Gasteiger partial charge in [0.25, 0.3) is 0 Å². The Balaban J connectivity index is 2.01. The fraction of sp³-hybridized carbons (Fsp3) is 0.364. The van der Waals surface area contributed by atoms with E-state index in [0.29, 0.717) is 13.1 Å². The topological polar surface area (TPSA) is 124 Å². The third kappa shape index (κ3) is 3.90. The molecule has 0 aromatic carbocycles. The molecular formula is C11H16N6O2. The predicted molar refractivity (Wildman–Crippen MR) is 66.9 cm³/mol. The van der Waals surface area contributed by atoms with Crippen molar-refractivity contribution in [1.29, 1.82) is 0 Å². The SMILES string of the molecule is NC(CN(Cc1ncc[nH]1)Cc1ncc[nH]1)C(=O)O. The molecule has 19 heavy (non-hydrogen) atoms. The van der Waals surface area contributed by atoms with Crippen LogP contribution in [0.15, 0.2) is 24.8 Å². The highest BCUT2D eigenvalue weighted by atomic mass is 16.4. The Morgan fingerprint density at radius 2 is 1.79 bits per heavy atom. The number of nitrogens with one attached hydrogen (secondary N) is 2. The molecule has 102 valence electrons. The molecular weight excluding hydrogens is 248 g/mol. The number of hydrogen-bond donors (Lipinski definition) is 4. The summed E-state index contributed by atoms with van der Waals surface area (Å²) in [5, 5.41) is 8.88. The van der Waals surface area contributed by atoms with E-state index in [2.05, 4.69) is 19.9 Å². The normalized spacial score (nSPS) is 12.7. The van der Waals surface area contributed by atoms with Gasteiger partial charge in [-0.25, -0.2) is 9.97 Å². The van der Waals surface area contributed by atoms with Crippen LogP contribution in [0.2, 0.25) is 0 Å². The number of hydrogen-bond acceptors (Lipinski definition) is 5. The number of nitrogens with zero attached hydrogens (tertiary/aromatic N) is 3. The Kier molecular flexibility index (Phi) is 4.26. The molecule has 0 radical (unpaired) electrons. The van der Waals surface area contributed by atoms with Crippen LogP contribution in [0.25, 0.3) is 0 Å². The number of carbonyl (C=O) groups is 1. The minimum Gasteiger partial charge on any atom is -0.480 e. The first-order chi connectivity index (χ1) is 9.15. The molecule has 0 fully saturated rings. The number of aromatic amines is 2. The Bertz CT molecular complexity index is 459.